The summed E-state index contributed by atoms with van der Waals surface area (Å²) in [4.78, 5) is 6.32. The fourth-order valence-electron chi connectivity index (χ4n) is 3.12. The lowest BCUT2D eigenvalue weighted by Gasteiger charge is -2.31. The molecule has 7 heteroatoms. The van der Waals surface area contributed by atoms with Gasteiger partial charge in [-0.2, -0.15) is 0 Å². The topological polar surface area (TPSA) is 76.3 Å². The van der Waals surface area contributed by atoms with Gasteiger partial charge in [-0.3, -0.25) is 9.88 Å². The minimum atomic E-state index is -2.92. The Balaban J connectivity index is 1.62. The van der Waals surface area contributed by atoms with Gasteiger partial charge in [-0.15, -0.1) is 0 Å². The van der Waals surface area contributed by atoms with Crippen molar-refractivity contribution in [1.82, 2.24) is 15.0 Å². The van der Waals surface area contributed by atoms with Gasteiger partial charge >= 0.3 is 0 Å². The van der Waals surface area contributed by atoms with Gasteiger partial charge in [-0.05, 0) is 37.4 Å². The Morgan fingerprint density at radius 2 is 2.30 bits per heavy atom. The monoisotopic (exact) mass is 335 g/mol. The van der Waals surface area contributed by atoms with Gasteiger partial charge in [-0.25, -0.2) is 8.42 Å². The van der Waals surface area contributed by atoms with E-state index >= 15 is 0 Å². The number of hydrogen-bond acceptors (Lipinski definition) is 6. The van der Waals surface area contributed by atoms with Crippen LogP contribution in [0.25, 0.3) is 11.3 Å². The quantitative estimate of drug-likeness (QED) is 0.832. The Hall–Kier alpha value is -1.73. The maximum Gasteiger partial charge on any atom is 0.151 e. The lowest BCUT2D eigenvalue weighted by atomic mass is 10.00. The Morgan fingerprint density at radius 3 is 3.04 bits per heavy atom. The minimum Gasteiger partial charge on any atom is -0.359 e. The van der Waals surface area contributed by atoms with Crippen molar-refractivity contribution in [2.24, 2.45) is 5.92 Å². The Bertz CT molecular complexity index is 743. The number of likely N-dealkylation sites (tertiary alicyclic amines) is 1. The van der Waals surface area contributed by atoms with Gasteiger partial charge in [0.2, 0.25) is 0 Å². The van der Waals surface area contributed by atoms with E-state index in [1.807, 2.05) is 18.2 Å². The summed E-state index contributed by atoms with van der Waals surface area (Å²) in [7, 11) is -2.92. The van der Waals surface area contributed by atoms with Crippen molar-refractivity contribution in [3.8, 4) is 11.3 Å². The van der Waals surface area contributed by atoms with E-state index in [2.05, 4.69) is 15.0 Å². The minimum absolute atomic E-state index is 0.208. The molecule has 1 saturated heterocycles. The van der Waals surface area contributed by atoms with Crippen LogP contribution in [0, 0.1) is 5.92 Å². The van der Waals surface area contributed by atoms with Crippen LogP contribution >= 0.6 is 0 Å². The molecule has 2 aromatic rings. The molecule has 1 unspecified atom stereocenters. The third-order valence-electron chi connectivity index (χ3n) is 4.04. The Morgan fingerprint density at radius 1 is 1.43 bits per heavy atom. The molecule has 0 spiro atoms. The van der Waals surface area contributed by atoms with Gasteiger partial charge < -0.3 is 4.52 Å². The number of rotatable bonds is 5. The van der Waals surface area contributed by atoms with Crippen LogP contribution in [0.3, 0.4) is 0 Å². The summed E-state index contributed by atoms with van der Waals surface area (Å²) in [6, 6.07) is 5.74. The Labute approximate surface area is 136 Å². The first-order valence-electron chi connectivity index (χ1n) is 7.76. The third kappa shape index (κ3) is 4.62. The first kappa shape index (κ1) is 16.1. The average Bonchev–Trinajstić information content (AvgIpc) is 2.95. The first-order chi connectivity index (χ1) is 11.0. The van der Waals surface area contributed by atoms with E-state index in [1.54, 1.807) is 12.4 Å². The molecule has 0 N–H and O–H groups in total. The van der Waals surface area contributed by atoms with E-state index in [1.165, 1.54) is 6.26 Å². The summed E-state index contributed by atoms with van der Waals surface area (Å²) in [6.45, 7) is 2.41. The zero-order chi connectivity index (χ0) is 16.3. The number of nitrogens with zero attached hydrogens (tertiary/aromatic N) is 3. The first-order valence-corrected chi connectivity index (χ1v) is 9.82. The average molecular weight is 335 g/mol. The lowest BCUT2D eigenvalue weighted by Crippen LogP contribution is -2.37. The van der Waals surface area contributed by atoms with Gasteiger partial charge in [0.05, 0.1) is 12.3 Å². The second kappa shape index (κ2) is 6.80. The molecule has 0 radical (unpaired) electrons. The summed E-state index contributed by atoms with van der Waals surface area (Å²) in [5.74, 6) is 1.27. The van der Waals surface area contributed by atoms with Crippen LogP contribution < -0.4 is 0 Å². The zero-order valence-electron chi connectivity index (χ0n) is 13.2. The number of piperidine rings is 1. The number of hydrogen-bond donors (Lipinski definition) is 0. The fraction of sp³-hybridized carbons (Fsp3) is 0.500. The number of pyridine rings is 1. The molecule has 0 saturated carbocycles. The largest absolute Gasteiger partial charge is 0.359 e. The zero-order valence-corrected chi connectivity index (χ0v) is 14.0. The van der Waals surface area contributed by atoms with Crippen molar-refractivity contribution in [2.75, 3.05) is 25.1 Å². The van der Waals surface area contributed by atoms with Gasteiger partial charge in [0.15, 0.2) is 5.76 Å². The van der Waals surface area contributed by atoms with Crippen LogP contribution in [0.4, 0.5) is 0 Å². The molecule has 2 aromatic heterocycles. The molecule has 3 rings (SSSR count). The predicted molar refractivity (Wildman–Crippen MR) is 87.4 cm³/mol. The molecule has 0 aromatic carbocycles. The van der Waals surface area contributed by atoms with Crippen LogP contribution in [0.2, 0.25) is 0 Å². The van der Waals surface area contributed by atoms with Crippen LogP contribution in [0.1, 0.15) is 18.6 Å². The lowest BCUT2D eigenvalue weighted by molar-refractivity contribution is 0.161. The number of aromatic nitrogens is 2. The van der Waals surface area contributed by atoms with Crippen molar-refractivity contribution >= 4 is 9.84 Å². The smallest absolute Gasteiger partial charge is 0.151 e. The molecule has 0 bridgehead atoms. The van der Waals surface area contributed by atoms with Gasteiger partial charge in [0, 0.05) is 36.8 Å². The maximum atomic E-state index is 11.5. The second-order valence-corrected chi connectivity index (χ2v) is 8.44. The summed E-state index contributed by atoms with van der Waals surface area (Å²) >= 11 is 0. The van der Waals surface area contributed by atoms with Crippen molar-refractivity contribution in [3.05, 3.63) is 36.4 Å². The van der Waals surface area contributed by atoms with E-state index < -0.39 is 9.84 Å². The summed E-state index contributed by atoms with van der Waals surface area (Å²) < 4.78 is 28.4. The van der Waals surface area contributed by atoms with E-state index in [4.69, 9.17) is 4.52 Å². The van der Waals surface area contributed by atoms with E-state index in [0.29, 0.717) is 6.54 Å². The van der Waals surface area contributed by atoms with Crippen molar-refractivity contribution in [3.63, 3.8) is 0 Å². The normalized spacial score (nSPS) is 19.8. The second-order valence-electron chi connectivity index (χ2n) is 6.26. The fourth-order valence-corrected chi connectivity index (χ4v) is 4.25. The van der Waals surface area contributed by atoms with Crippen LogP contribution in [-0.4, -0.2) is 48.6 Å². The van der Waals surface area contributed by atoms with E-state index in [-0.39, 0.29) is 11.7 Å². The van der Waals surface area contributed by atoms with Gasteiger partial charge in [-0.1, -0.05) is 5.16 Å². The molecule has 0 aliphatic carbocycles. The van der Waals surface area contributed by atoms with Crippen molar-refractivity contribution in [2.45, 2.75) is 19.4 Å². The molecule has 3 heterocycles. The van der Waals surface area contributed by atoms with Crippen LogP contribution in [0.5, 0.6) is 0 Å². The third-order valence-corrected chi connectivity index (χ3v) is 5.11. The molecular weight excluding hydrogens is 314 g/mol. The predicted octanol–water partition coefficient (Wildman–Crippen LogP) is 1.99. The van der Waals surface area contributed by atoms with Crippen molar-refractivity contribution in [1.29, 1.82) is 0 Å². The molecule has 1 fully saturated rings. The standard InChI is InChI=1S/C16H21N3O3S/c1-23(20,21)12-13-4-3-7-19(10-13)11-15-8-16(18-22-15)14-5-2-6-17-9-14/h2,5-6,8-9,13H,3-4,7,10-12H2,1H3. The molecule has 23 heavy (non-hydrogen) atoms. The molecule has 124 valence electrons. The van der Waals surface area contributed by atoms with Crippen LogP contribution in [-0.2, 0) is 16.4 Å². The molecule has 1 aliphatic rings. The Kier molecular flexibility index (Phi) is 4.77. The molecule has 0 amide bonds. The summed E-state index contributed by atoms with van der Waals surface area (Å²) in [5, 5.41) is 4.09. The highest BCUT2D eigenvalue weighted by molar-refractivity contribution is 7.90. The number of sulfone groups is 1. The van der Waals surface area contributed by atoms with Crippen molar-refractivity contribution < 1.29 is 12.9 Å². The van der Waals surface area contributed by atoms with E-state index in [9.17, 15) is 8.42 Å². The molecule has 1 aliphatic heterocycles. The maximum absolute atomic E-state index is 11.5. The highest BCUT2D eigenvalue weighted by Crippen LogP contribution is 2.22. The summed E-state index contributed by atoms with van der Waals surface area (Å²) in [5.41, 5.74) is 1.70. The van der Waals surface area contributed by atoms with Gasteiger partial charge in [0.25, 0.3) is 0 Å². The molecule has 6 nitrogen and oxygen atoms in total. The summed E-state index contributed by atoms with van der Waals surface area (Å²) in [6.07, 6.45) is 6.78. The van der Waals surface area contributed by atoms with Crippen LogP contribution in [0.15, 0.2) is 35.1 Å². The SMILES string of the molecule is CS(=O)(=O)CC1CCCN(Cc2cc(-c3cccnc3)no2)C1. The van der Waals surface area contributed by atoms with Gasteiger partial charge in [0.1, 0.15) is 15.5 Å². The molecule has 1 atom stereocenters. The highest BCUT2D eigenvalue weighted by Gasteiger charge is 2.24. The van der Waals surface area contributed by atoms with E-state index in [0.717, 1.165) is 42.9 Å². The molecular formula is C16H21N3O3S. The highest BCUT2D eigenvalue weighted by atomic mass is 32.2.